The number of aliphatic hydroxyl groups excluding tert-OH is 1. The number of ether oxygens (including phenoxy) is 4. The Morgan fingerprint density at radius 2 is 1.25 bits per heavy atom. The second kappa shape index (κ2) is 17.0. The van der Waals surface area contributed by atoms with Crippen molar-refractivity contribution < 1.29 is 37.8 Å². The van der Waals surface area contributed by atoms with E-state index in [1.165, 1.54) is 0 Å². The van der Waals surface area contributed by atoms with E-state index in [2.05, 4.69) is 0 Å². The molecule has 0 fully saturated rings. The van der Waals surface area contributed by atoms with Gasteiger partial charge in [-0.2, -0.15) is 0 Å². The van der Waals surface area contributed by atoms with Gasteiger partial charge in [-0.3, -0.25) is 8.63 Å². The van der Waals surface area contributed by atoms with Crippen LogP contribution in [0, 0.1) is 0 Å². The molecular formula is C40H38BF2N3O6. The number of halogens is 2. The molecule has 1 aliphatic heterocycles. The van der Waals surface area contributed by atoms with Gasteiger partial charge in [0.15, 0.2) is 5.84 Å². The smallest absolute Gasteiger partial charge is 0.508 e. The number of phenols is 1. The first kappa shape index (κ1) is 36.1. The van der Waals surface area contributed by atoms with Gasteiger partial charge in [0.1, 0.15) is 35.4 Å². The van der Waals surface area contributed by atoms with E-state index in [1.807, 2.05) is 44.2 Å². The van der Waals surface area contributed by atoms with E-state index >= 15 is 8.63 Å². The maximum Gasteiger partial charge on any atom is 0.679 e. The molecule has 4 aromatic carbocycles. The fourth-order valence-corrected chi connectivity index (χ4v) is 5.75. The molecule has 0 spiro atoms. The van der Waals surface area contributed by atoms with Crippen molar-refractivity contribution in [2.45, 2.75) is 13.8 Å². The number of aromatic hydroxyl groups is 1. The normalized spacial score (nSPS) is 13.2. The van der Waals surface area contributed by atoms with Gasteiger partial charge in [0.25, 0.3) is 0 Å². The lowest BCUT2D eigenvalue weighted by Gasteiger charge is -2.11. The molecule has 5 aromatic rings. The van der Waals surface area contributed by atoms with Crippen molar-refractivity contribution in [2.75, 3.05) is 39.6 Å². The first-order valence-corrected chi connectivity index (χ1v) is 17.0. The predicted molar refractivity (Wildman–Crippen MR) is 201 cm³/mol. The van der Waals surface area contributed by atoms with Crippen molar-refractivity contribution in [2.24, 2.45) is 9.98 Å². The van der Waals surface area contributed by atoms with E-state index in [-0.39, 0.29) is 42.9 Å². The fourth-order valence-electron chi connectivity index (χ4n) is 5.75. The third-order valence-corrected chi connectivity index (χ3v) is 8.16. The predicted octanol–water partition coefficient (Wildman–Crippen LogP) is 8.10. The van der Waals surface area contributed by atoms with Crippen LogP contribution in [0.25, 0.3) is 28.0 Å². The third kappa shape index (κ3) is 8.42. The molecule has 0 amide bonds. The Labute approximate surface area is 301 Å². The summed E-state index contributed by atoms with van der Waals surface area (Å²) in [7, 11) is -2.95. The highest BCUT2D eigenvalue weighted by molar-refractivity contribution is 6.43. The molecule has 0 saturated carbocycles. The van der Waals surface area contributed by atoms with Crippen LogP contribution in [-0.4, -0.2) is 73.3 Å². The minimum absolute atomic E-state index is 0.0151. The number of aliphatic hydroxyl groups is 1. The highest BCUT2D eigenvalue weighted by atomic mass is 19.2. The molecule has 0 unspecified atom stereocenters. The fraction of sp³-hybridized carbons (Fsp3) is 0.200. The maximum atomic E-state index is 15.3. The SMILES string of the molecule is CCOc1ccc(C2=NC(=Nc3c(-c4ccc(OCCOCCO)cc4)cc(-c4ccc(OCC)cc4)n3B(F)F)C(c3ccc(O)cc3)=C2)cc1. The lowest BCUT2D eigenvalue weighted by atomic mass is 10.0. The molecule has 0 aliphatic carbocycles. The summed E-state index contributed by atoms with van der Waals surface area (Å²) >= 11 is 0. The first-order chi connectivity index (χ1) is 25.4. The quantitative estimate of drug-likeness (QED) is 0.0794. The van der Waals surface area contributed by atoms with Crippen LogP contribution in [-0.2, 0) is 4.74 Å². The van der Waals surface area contributed by atoms with Crippen LogP contribution in [0.2, 0.25) is 0 Å². The molecule has 1 aliphatic rings. The summed E-state index contributed by atoms with van der Waals surface area (Å²) in [6, 6.07) is 29.9. The number of aliphatic imine (C=N–C) groups is 2. The maximum absolute atomic E-state index is 15.3. The number of rotatable bonds is 16. The Hall–Kier alpha value is -5.72. The van der Waals surface area contributed by atoms with Gasteiger partial charge < -0.3 is 33.6 Å². The lowest BCUT2D eigenvalue weighted by molar-refractivity contribution is 0.0705. The monoisotopic (exact) mass is 705 g/mol. The molecular weight excluding hydrogens is 667 g/mol. The number of hydrogen-bond acceptors (Lipinski definition) is 7. The van der Waals surface area contributed by atoms with Gasteiger partial charge in [-0.1, -0.05) is 24.3 Å². The van der Waals surface area contributed by atoms with Crippen LogP contribution >= 0.6 is 0 Å². The molecule has 1 aromatic heterocycles. The minimum Gasteiger partial charge on any atom is -0.508 e. The molecule has 2 N–H and O–H groups in total. The van der Waals surface area contributed by atoms with Gasteiger partial charge in [0.05, 0.1) is 38.7 Å². The lowest BCUT2D eigenvalue weighted by Crippen LogP contribution is -2.14. The zero-order valence-electron chi connectivity index (χ0n) is 28.8. The molecule has 12 heteroatoms. The number of benzene rings is 4. The van der Waals surface area contributed by atoms with Crippen molar-refractivity contribution in [3.63, 3.8) is 0 Å². The zero-order chi connectivity index (χ0) is 36.5. The summed E-state index contributed by atoms with van der Waals surface area (Å²) in [5.41, 5.74) is 4.61. The number of amidine groups is 1. The van der Waals surface area contributed by atoms with Crippen LogP contribution in [0.3, 0.4) is 0 Å². The molecule has 6 rings (SSSR count). The second-order valence-electron chi connectivity index (χ2n) is 11.6. The highest BCUT2D eigenvalue weighted by Crippen LogP contribution is 2.41. The molecule has 0 radical (unpaired) electrons. The summed E-state index contributed by atoms with van der Waals surface area (Å²) in [4.78, 5) is 9.79. The summed E-state index contributed by atoms with van der Waals surface area (Å²) in [6.45, 7) is 5.54. The standard InChI is InChI=1S/C40H38BF2N3O6/c1-3-50-32-17-9-29(10-18-32)37-25-35(27-5-13-31(48)14-6-27)39(44-37)45-40-36(28-7-15-34(16-8-28)52-24-23-49-22-21-47)26-38(46(40)41(42)43)30-11-19-33(20-12-30)51-4-2/h5-20,25-26,47-48H,3-4,21-24H2,1-2H3. The topological polar surface area (TPSA) is 107 Å². The van der Waals surface area contributed by atoms with Crippen molar-refractivity contribution in [3.05, 3.63) is 120 Å². The van der Waals surface area contributed by atoms with Crippen LogP contribution in [0.15, 0.2) is 119 Å². The molecule has 0 atom stereocenters. The van der Waals surface area contributed by atoms with Crippen molar-refractivity contribution in [3.8, 4) is 45.4 Å². The second-order valence-corrected chi connectivity index (χ2v) is 11.6. The molecule has 2 heterocycles. The van der Waals surface area contributed by atoms with Crippen LogP contribution in [0.1, 0.15) is 25.0 Å². The van der Waals surface area contributed by atoms with Crippen LogP contribution < -0.4 is 14.2 Å². The van der Waals surface area contributed by atoms with Crippen molar-refractivity contribution >= 4 is 30.3 Å². The van der Waals surface area contributed by atoms with Gasteiger partial charge in [-0.15, -0.1) is 0 Å². The minimum atomic E-state index is -2.95. The van der Waals surface area contributed by atoms with E-state index in [9.17, 15) is 5.11 Å². The Bertz CT molecular complexity index is 2040. The Morgan fingerprint density at radius 1 is 0.692 bits per heavy atom. The van der Waals surface area contributed by atoms with Crippen molar-refractivity contribution in [1.29, 1.82) is 0 Å². The molecule has 266 valence electrons. The van der Waals surface area contributed by atoms with Gasteiger partial charge in [0.2, 0.25) is 0 Å². The van der Waals surface area contributed by atoms with Gasteiger partial charge in [0, 0.05) is 22.4 Å². The Kier molecular flexibility index (Phi) is 11.8. The van der Waals surface area contributed by atoms with E-state index in [4.69, 9.17) is 34.0 Å². The van der Waals surface area contributed by atoms with E-state index in [1.54, 1.807) is 78.9 Å². The van der Waals surface area contributed by atoms with Gasteiger partial charge in [-0.05, 0) is 115 Å². The molecule has 0 bridgehead atoms. The number of allylic oxidation sites excluding steroid dienone is 1. The van der Waals surface area contributed by atoms with E-state index in [0.29, 0.717) is 70.6 Å². The average molecular weight is 706 g/mol. The number of aromatic nitrogens is 1. The van der Waals surface area contributed by atoms with E-state index in [0.717, 1.165) is 10.0 Å². The Morgan fingerprint density at radius 3 is 1.83 bits per heavy atom. The number of hydrogen-bond donors (Lipinski definition) is 2. The largest absolute Gasteiger partial charge is 0.679 e. The summed E-state index contributed by atoms with van der Waals surface area (Å²) in [5.74, 6) is 2.26. The van der Waals surface area contributed by atoms with E-state index < -0.39 is 7.40 Å². The molecule has 52 heavy (non-hydrogen) atoms. The summed E-state index contributed by atoms with van der Waals surface area (Å²) < 4.78 is 53.8. The summed E-state index contributed by atoms with van der Waals surface area (Å²) in [6.07, 6.45) is 1.86. The Balaban J connectivity index is 1.48. The zero-order valence-corrected chi connectivity index (χ0v) is 28.8. The van der Waals surface area contributed by atoms with Gasteiger partial charge >= 0.3 is 7.40 Å². The third-order valence-electron chi connectivity index (χ3n) is 8.16. The average Bonchev–Trinajstić information content (AvgIpc) is 3.75. The molecule has 9 nitrogen and oxygen atoms in total. The van der Waals surface area contributed by atoms with Gasteiger partial charge in [-0.25, -0.2) is 9.98 Å². The number of phenolic OH excluding ortho intramolecular Hbond substituents is 1. The van der Waals surface area contributed by atoms with Crippen LogP contribution in [0.5, 0.6) is 23.0 Å². The molecule has 0 saturated heterocycles. The van der Waals surface area contributed by atoms with Crippen molar-refractivity contribution in [1.82, 2.24) is 4.48 Å². The highest BCUT2D eigenvalue weighted by Gasteiger charge is 2.30. The number of nitrogens with zero attached hydrogens (tertiary/aromatic N) is 3. The van der Waals surface area contributed by atoms with Crippen LogP contribution in [0.4, 0.5) is 14.4 Å². The first-order valence-electron chi connectivity index (χ1n) is 17.0. The summed E-state index contributed by atoms with van der Waals surface area (Å²) in [5, 5.41) is 18.9.